The van der Waals surface area contributed by atoms with Crippen molar-refractivity contribution in [3.63, 3.8) is 0 Å². The molecule has 6 heteroatoms. The number of fused-ring (bicyclic) bond motifs is 1. The van der Waals surface area contributed by atoms with Crippen molar-refractivity contribution in [1.29, 1.82) is 0 Å². The molecular weight excluding hydrogens is 589 g/mol. The van der Waals surface area contributed by atoms with Crippen molar-refractivity contribution in [2.24, 2.45) is 23.2 Å². The normalized spacial score (nSPS) is 33.4. The molecule has 3 saturated carbocycles. The number of carbonyl (C=O) groups is 1. The lowest BCUT2D eigenvalue weighted by atomic mass is 9.60. The van der Waals surface area contributed by atoms with Crippen LogP contribution in [-0.2, 0) is 18.4 Å². The molecule has 4 fully saturated rings. The van der Waals surface area contributed by atoms with Gasteiger partial charge in [-0.2, -0.15) is 0 Å². The first kappa shape index (κ1) is 36.6. The van der Waals surface area contributed by atoms with Crippen LogP contribution < -0.4 is 0 Å². The Morgan fingerprint density at radius 3 is 1.98 bits per heavy atom. The van der Waals surface area contributed by atoms with Crippen molar-refractivity contribution in [3.05, 3.63) is 47.6 Å². The minimum absolute atomic E-state index is 0.00756. The van der Waals surface area contributed by atoms with E-state index in [-0.39, 0.29) is 34.4 Å². The van der Waals surface area contributed by atoms with Gasteiger partial charge in [-0.1, -0.05) is 91.8 Å². The highest BCUT2D eigenvalue weighted by Crippen LogP contribution is 2.60. The molecule has 7 atom stereocenters. The fourth-order valence-corrected chi connectivity index (χ4v) is 10.8. The molecule has 0 amide bonds. The van der Waals surface area contributed by atoms with Crippen LogP contribution in [0.1, 0.15) is 113 Å². The second kappa shape index (κ2) is 13.0. The van der Waals surface area contributed by atoms with Gasteiger partial charge in [-0.25, -0.2) is 4.79 Å². The summed E-state index contributed by atoms with van der Waals surface area (Å²) in [7, 11) is -3.98. The SMILES string of the molecule is C=C1C[C@@H](C[C@@H](C)C2CCC3C(=CC=C4C[C@@H](O[Si](C)(C)C(C)(C)C)C(=C)[C@H](O[Si](C)(C)C(C)(C)C)C4)CCC[C@@]32C)OC1=O. The molecule has 0 radical (unpaired) electrons. The van der Waals surface area contributed by atoms with E-state index in [4.69, 9.17) is 13.6 Å². The third-order valence-electron chi connectivity index (χ3n) is 13.1. The van der Waals surface area contributed by atoms with Crippen LogP contribution in [-0.4, -0.2) is 40.9 Å². The molecule has 3 aliphatic carbocycles. The lowest BCUT2D eigenvalue weighted by molar-refractivity contribution is -0.139. The molecule has 0 aromatic carbocycles. The maximum Gasteiger partial charge on any atom is 0.333 e. The number of hydrogen-bond acceptors (Lipinski definition) is 4. The number of hydrogen-bond donors (Lipinski definition) is 0. The smallest absolute Gasteiger partial charge is 0.333 e. The van der Waals surface area contributed by atoms with E-state index in [9.17, 15) is 4.79 Å². The van der Waals surface area contributed by atoms with E-state index in [1.807, 2.05) is 0 Å². The third-order valence-corrected chi connectivity index (χ3v) is 22.1. The van der Waals surface area contributed by atoms with Crippen molar-refractivity contribution in [2.75, 3.05) is 0 Å². The molecule has 2 unspecified atom stereocenters. The van der Waals surface area contributed by atoms with Gasteiger partial charge in [0, 0.05) is 12.0 Å². The molecule has 0 spiro atoms. The summed E-state index contributed by atoms with van der Waals surface area (Å²) >= 11 is 0. The molecule has 1 heterocycles. The maximum atomic E-state index is 12.0. The van der Waals surface area contributed by atoms with Crippen LogP contribution in [0.3, 0.4) is 0 Å². The minimum atomic E-state index is -1.99. The Morgan fingerprint density at radius 2 is 1.49 bits per heavy atom. The molecule has 0 aromatic rings. The van der Waals surface area contributed by atoms with E-state index in [1.165, 1.54) is 37.7 Å². The molecule has 4 rings (SSSR count). The van der Waals surface area contributed by atoms with Gasteiger partial charge in [-0.05, 0) is 116 Å². The van der Waals surface area contributed by atoms with Crippen molar-refractivity contribution >= 4 is 22.6 Å². The summed E-state index contributed by atoms with van der Waals surface area (Å²) in [5, 5.41) is 0.283. The Hall–Kier alpha value is -1.22. The third kappa shape index (κ3) is 7.76. The van der Waals surface area contributed by atoms with Gasteiger partial charge in [-0.15, -0.1) is 0 Å². The zero-order valence-corrected chi connectivity index (χ0v) is 33.0. The molecule has 45 heavy (non-hydrogen) atoms. The van der Waals surface area contributed by atoms with Crippen molar-refractivity contribution in [2.45, 2.75) is 168 Å². The molecule has 1 saturated heterocycles. The van der Waals surface area contributed by atoms with E-state index in [2.05, 4.69) is 107 Å². The van der Waals surface area contributed by atoms with Gasteiger partial charge < -0.3 is 13.6 Å². The Kier molecular flexibility index (Phi) is 10.6. The van der Waals surface area contributed by atoms with Crippen molar-refractivity contribution in [3.8, 4) is 0 Å². The summed E-state index contributed by atoms with van der Waals surface area (Å²) in [6, 6.07) is 0. The number of cyclic esters (lactones) is 1. The van der Waals surface area contributed by atoms with Crippen molar-refractivity contribution in [1.82, 2.24) is 0 Å². The fourth-order valence-electron chi connectivity index (χ4n) is 8.25. The van der Waals surface area contributed by atoms with Crippen LogP contribution >= 0.6 is 0 Å². The highest BCUT2D eigenvalue weighted by Gasteiger charge is 2.51. The zero-order chi connectivity index (χ0) is 33.8. The molecule has 4 aliphatic rings. The summed E-state index contributed by atoms with van der Waals surface area (Å²) in [4.78, 5) is 12.0. The standard InChI is InChI=1S/C39H66O4Si2/c1-26(22-31-23-27(2)36(40)41-31)32-19-20-33-30(16-15-21-39(32,33)10)18-17-29-24-34(42-44(11,12)37(4,5)6)28(3)35(25-29)43-45(13,14)38(7,8)9/h17-18,26,31-35H,2-3,15-16,19-25H2,1,4-14H3/t26-,31-,32?,33?,34-,35-,39-/m1/s1. The Balaban J connectivity index is 1.56. The highest BCUT2D eigenvalue weighted by atomic mass is 28.4. The van der Waals surface area contributed by atoms with Crippen LogP contribution in [0.15, 0.2) is 47.6 Å². The van der Waals surface area contributed by atoms with E-state index in [0.717, 1.165) is 24.8 Å². The van der Waals surface area contributed by atoms with Gasteiger partial charge in [0.15, 0.2) is 16.6 Å². The van der Waals surface area contributed by atoms with Gasteiger partial charge in [0.2, 0.25) is 0 Å². The Bertz CT molecular complexity index is 1150. The first-order valence-corrected chi connectivity index (χ1v) is 23.7. The van der Waals surface area contributed by atoms with Crippen LogP contribution in [0.5, 0.6) is 0 Å². The summed E-state index contributed by atoms with van der Waals surface area (Å²) in [6.45, 7) is 36.9. The molecule has 1 aliphatic heterocycles. The fraction of sp³-hybridized carbons (Fsp3) is 0.769. The summed E-state index contributed by atoms with van der Waals surface area (Å²) < 4.78 is 19.8. The molecular formula is C39H66O4Si2. The number of carbonyl (C=O) groups excluding carboxylic acids is 1. The predicted octanol–water partition coefficient (Wildman–Crippen LogP) is 11.1. The molecule has 4 nitrogen and oxygen atoms in total. The topological polar surface area (TPSA) is 44.8 Å². The van der Waals surface area contributed by atoms with Crippen LogP contribution in [0.4, 0.5) is 0 Å². The minimum Gasteiger partial charge on any atom is -0.459 e. The molecule has 0 bridgehead atoms. The monoisotopic (exact) mass is 654 g/mol. The average molecular weight is 655 g/mol. The second-order valence-electron chi connectivity index (χ2n) is 18.4. The van der Waals surface area contributed by atoms with Crippen LogP contribution in [0.25, 0.3) is 0 Å². The zero-order valence-electron chi connectivity index (χ0n) is 31.0. The molecule has 0 N–H and O–H groups in total. The quantitative estimate of drug-likeness (QED) is 0.113. The average Bonchev–Trinajstić information content (AvgIpc) is 3.41. The van der Waals surface area contributed by atoms with E-state index in [1.54, 1.807) is 5.57 Å². The number of esters is 1. The summed E-state index contributed by atoms with van der Waals surface area (Å²) in [5.41, 5.74) is 5.17. The van der Waals surface area contributed by atoms with Gasteiger partial charge in [-0.3, -0.25) is 0 Å². The summed E-state index contributed by atoms with van der Waals surface area (Å²) in [6.07, 6.45) is 14.8. The predicted molar refractivity (Wildman–Crippen MR) is 194 cm³/mol. The van der Waals surface area contributed by atoms with Crippen molar-refractivity contribution < 1.29 is 18.4 Å². The maximum absolute atomic E-state index is 12.0. The lowest BCUT2D eigenvalue weighted by Crippen LogP contribution is -2.49. The van der Waals surface area contributed by atoms with Gasteiger partial charge >= 0.3 is 5.97 Å². The number of allylic oxidation sites excluding steroid dienone is 3. The first-order valence-electron chi connectivity index (χ1n) is 17.9. The second-order valence-corrected chi connectivity index (χ2v) is 27.9. The lowest BCUT2D eigenvalue weighted by Gasteiger charge is -2.46. The Morgan fingerprint density at radius 1 is 0.933 bits per heavy atom. The van der Waals surface area contributed by atoms with Gasteiger partial charge in [0.1, 0.15) is 6.10 Å². The highest BCUT2D eigenvalue weighted by molar-refractivity contribution is 6.74. The first-order chi connectivity index (χ1) is 20.6. The van der Waals surface area contributed by atoms with Crippen LogP contribution in [0, 0.1) is 23.2 Å². The van der Waals surface area contributed by atoms with E-state index < -0.39 is 16.6 Å². The largest absolute Gasteiger partial charge is 0.459 e. The van der Waals surface area contributed by atoms with E-state index in [0.29, 0.717) is 35.2 Å². The van der Waals surface area contributed by atoms with E-state index >= 15 is 0 Å². The molecule has 254 valence electrons. The van der Waals surface area contributed by atoms with Gasteiger partial charge in [0.05, 0.1) is 12.2 Å². The van der Waals surface area contributed by atoms with Gasteiger partial charge in [0.25, 0.3) is 0 Å². The molecule has 0 aromatic heterocycles. The summed E-state index contributed by atoms with van der Waals surface area (Å²) in [5.74, 6) is 1.63. The number of rotatable bonds is 8. The number of ether oxygens (including phenoxy) is 1. The Labute approximate surface area is 278 Å². The van der Waals surface area contributed by atoms with Crippen LogP contribution in [0.2, 0.25) is 36.3 Å².